The Morgan fingerprint density at radius 1 is 1.00 bits per heavy atom. The second-order valence-electron chi connectivity index (χ2n) is 4.70. The Bertz CT molecular complexity index is 935. The fraction of sp³-hybridized carbons (Fsp3) is 0. The monoisotopic (exact) mass is 300 g/mol. The summed E-state index contributed by atoms with van der Waals surface area (Å²) >= 11 is 0. The average Bonchev–Trinajstić information content (AvgIpc) is 2.45. The van der Waals surface area contributed by atoms with Gasteiger partial charge in [-0.05, 0) is 36.4 Å². The molecule has 0 radical (unpaired) electrons. The molecular formula is C16H10F2N2O2. The SMILES string of the molecule is O=C(Nc1cccc(F)c1)c1cc(=O)[nH]c2cc(F)ccc12. The van der Waals surface area contributed by atoms with Gasteiger partial charge in [-0.2, -0.15) is 0 Å². The Labute approximate surface area is 123 Å². The van der Waals surface area contributed by atoms with Crippen molar-refractivity contribution in [2.45, 2.75) is 0 Å². The molecule has 1 aromatic heterocycles. The molecule has 2 N–H and O–H groups in total. The first-order chi connectivity index (χ1) is 10.5. The quantitative estimate of drug-likeness (QED) is 0.764. The zero-order chi connectivity index (χ0) is 15.7. The highest BCUT2D eigenvalue weighted by molar-refractivity contribution is 6.12. The number of aromatic amines is 1. The average molecular weight is 300 g/mol. The number of benzene rings is 2. The van der Waals surface area contributed by atoms with Gasteiger partial charge in [-0.15, -0.1) is 0 Å². The van der Waals surface area contributed by atoms with Gasteiger partial charge in [0.25, 0.3) is 5.91 Å². The van der Waals surface area contributed by atoms with Gasteiger partial charge >= 0.3 is 0 Å². The van der Waals surface area contributed by atoms with Gasteiger partial charge in [-0.1, -0.05) is 6.07 Å². The van der Waals surface area contributed by atoms with E-state index in [9.17, 15) is 18.4 Å². The van der Waals surface area contributed by atoms with Crippen LogP contribution in [0.2, 0.25) is 0 Å². The third kappa shape index (κ3) is 2.71. The number of H-pyrrole nitrogens is 1. The van der Waals surface area contributed by atoms with Gasteiger partial charge in [0.1, 0.15) is 11.6 Å². The van der Waals surface area contributed by atoms with E-state index in [0.717, 1.165) is 18.2 Å². The van der Waals surface area contributed by atoms with Crippen LogP contribution in [0.4, 0.5) is 14.5 Å². The number of carbonyl (C=O) groups excluding carboxylic acids is 1. The van der Waals surface area contributed by atoms with Gasteiger partial charge in [0.05, 0.1) is 11.1 Å². The van der Waals surface area contributed by atoms with Gasteiger partial charge < -0.3 is 10.3 Å². The van der Waals surface area contributed by atoms with Gasteiger partial charge in [0, 0.05) is 17.1 Å². The summed E-state index contributed by atoms with van der Waals surface area (Å²) in [6, 6.07) is 10.2. The van der Waals surface area contributed by atoms with Crippen LogP contribution >= 0.6 is 0 Å². The first-order valence-electron chi connectivity index (χ1n) is 6.42. The maximum atomic E-state index is 13.2. The fourth-order valence-corrected chi connectivity index (χ4v) is 2.18. The number of carbonyl (C=O) groups is 1. The van der Waals surface area contributed by atoms with E-state index in [-0.39, 0.29) is 16.8 Å². The lowest BCUT2D eigenvalue weighted by atomic mass is 10.1. The maximum absolute atomic E-state index is 13.2. The highest BCUT2D eigenvalue weighted by Crippen LogP contribution is 2.18. The lowest BCUT2D eigenvalue weighted by Crippen LogP contribution is -2.17. The van der Waals surface area contributed by atoms with E-state index < -0.39 is 23.1 Å². The van der Waals surface area contributed by atoms with Gasteiger partial charge in [-0.3, -0.25) is 9.59 Å². The van der Waals surface area contributed by atoms with Crippen LogP contribution < -0.4 is 10.9 Å². The number of rotatable bonds is 2. The molecule has 0 fully saturated rings. The molecule has 4 nitrogen and oxygen atoms in total. The standard InChI is InChI=1S/C16H10F2N2O2/c17-9-2-1-3-11(6-9)19-16(22)13-8-15(21)20-14-7-10(18)4-5-12(13)14/h1-8H,(H,19,22)(H,20,21). The van der Waals surface area contributed by atoms with E-state index in [0.29, 0.717) is 5.39 Å². The van der Waals surface area contributed by atoms with Crippen LogP contribution in [-0.2, 0) is 0 Å². The predicted molar refractivity (Wildman–Crippen MR) is 78.9 cm³/mol. The number of hydrogen-bond acceptors (Lipinski definition) is 2. The molecule has 110 valence electrons. The van der Waals surface area contributed by atoms with E-state index in [1.807, 2.05) is 0 Å². The van der Waals surface area contributed by atoms with Crippen LogP contribution in [0.3, 0.4) is 0 Å². The summed E-state index contributed by atoms with van der Waals surface area (Å²) in [6.45, 7) is 0. The third-order valence-corrected chi connectivity index (χ3v) is 3.13. The maximum Gasteiger partial charge on any atom is 0.256 e. The lowest BCUT2D eigenvalue weighted by Gasteiger charge is -2.08. The molecule has 0 saturated carbocycles. The first kappa shape index (κ1) is 13.9. The Kier molecular flexibility index (Phi) is 3.42. The minimum atomic E-state index is -0.576. The molecule has 3 aromatic rings. The summed E-state index contributed by atoms with van der Waals surface area (Å²) in [5, 5.41) is 2.91. The zero-order valence-electron chi connectivity index (χ0n) is 11.2. The number of amides is 1. The molecule has 1 heterocycles. The predicted octanol–water partition coefficient (Wildman–Crippen LogP) is 3.06. The number of hydrogen-bond donors (Lipinski definition) is 2. The van der Waals surface area contributed by atoms with Crippen LogP contribution in [0.15, 0.2) is 53.3 Å². The molecule has 0 aliphatic heterocycles. The van der Waals surface area contributed by atoms with E-state index in [1.165, 1.54) is 30.3 Å². The summed E-state index contributed by atoms with van der Waals surface area (Å²) in [5.74, 6) is -1.59. The molecule has 6 heteroatoms. The van der Waals surface area contributed by atoms with Crippen LogP contribution in [0.1, 0.15) is 10.4 Å². The molecule has 0 saturated heterocycles. The Morgan fingerprint density at radius 2 is 1.77 bits per heavy atom. The van der Waals surface area contributed by atoms with Crippen molar-refractivity contribution in [2.24, 2.45) is 0 Å². The normalized spacial score (nSPS) is 10.6. The fourth-order valence-electron chi connectivity index (χ4n) is 2.18. The molecule has 1 amide bonds. The van der Waals surface area contributed by atoms with Crippen LogP contribution in [0.5, 0.6) is 0 Å². The van der Waals surface area contributed by atoms with Crippen molar-refractivity contribution in [3.05, 3.63) is 76.1 Å². The van der Waals surface area contributed by atoms with Crippen molar-refractivity contribution in [1.29, 1.82) is 0 Å². The molecule has 0 unspecified atom stereocenters. The van der Waals surface area contributed by atoms with Crippen molar-refractivity contribution < 1.29 is 13.6 Å². The molecule has 22 heavy (non-hydrogen) atoms. The summed E-state index contributed by atoms with van der Waals surface area (Å²) in [7, 11) is 0. The van der Waals surface area contributed by atoms with E-state index in [1.54, 1.807) is 0 Å². The number of halogens is 2. The van der Waals surface area contributed by atoms with Crippen molar-refractivity contribution in [3.63, 3.8) is 0 Å². The molecule has 0 spiro atoms. The summed E-state index contributed by atoms with van der Waals surface area (Å²) in [4.78, 5) is 26.4. The van der Waals surface area contributed by atoms with Crippen LogP contribution in [-0.4, -0.2) is 10.9 Å². The summed E-state index contributed by atoms with van der Waals surface area (Å²) in [6.07, 6.45) is 0. The van der Waals surface area contributed by atoms with Gasteiger partial charge in [0.2, 0.25) is 5.56 Å². The molecule has 0 aliphatic rings. The largest absolute Gasteiger partial charge is 0.322 e. The van der Waals surface area contributed by atoms with E-state index in [4.69, 9.17) is 0 Å². The Balaban J connectivity index is 2.05. The third-order valence-electron chi connectivity index (χ3n) is 3.13. The summed E-state index contributed by atoms with van der Waals surface area (Å²) in [5.41, 5.74) is 0.0444. The number of aromatic nitrogens is 1. The molecule has 2 aromatic carbocycles. The number of fused-ring (bicyclic) bond motifs is 1. The van der Waals surface area contributed by atoms with E-state index in [2.05, 4.69) is 10.3 Å². The minimum Gasteiger partial charge on any atom is -0.322 e. The number of pyridine rings is 1. The summed E-state index contributed by atoms with van der Waals surface area (Å²) < 4.78 is 26.4. The lowest BCUT2D eigenvalue weighted by molar-refractivity contribution is 0.102. The Morgan fingerprint density at radius 3 is 2.55 bits per heavy atom. The second kappa shape index (κ2) is 5.40. The molecule has 0 aliphatic carbocycles. The van der Waals surface area contributed by atoms with Crippen LogP contribution in [0.25, 0.3) is 10.9 Å². The van der Waals surface area contributed by atoms with E-state index >= 15 is 0 Å². The zero-order valence-corrected chi connectivity index (χ0v) is 11.2. The molecule has 0 bridgehead atoms. The smallest absolute Gasteiger partial charge is 0.256 e. The van der Waals surface area contributed by atoms with Crippen molar-refractivity contribution in [3.8, 4) is 0 Å². The Hall–Kier alpha value is -3.02. The second-order valence-corrected chi connectivity index (χ2v) is 4.70. The van der Waals surface area contributed by atoms with Gasteiger partial charge in [0.15, 0.2) is 0 Å². The van der Waals surface area contributed by atoms with Gasteiger partial charge in [-0.25, -0.2) is 8.78 Å². The van der Waals surface area contributed by atoms with Crippen molar-refractivity contribution in [2.75, 3.05) is 5.32 Å². The minimum absolute atomic E-state index is 0.0861. The molecular weight excluding hydrogens is 290 g/mol. The van der Waals surface area contributed by atoms with Crippen molar-refractivity contribution >= 4 is 22.5 Å². The number of nitrogens with one attached hydrogen (secondary N) is 2. The molecule has 0 atom stereocenters. The first-order valence-corrected chi connectivity index (χ1v) is 6.42. The van der Waals surface area contributed by atoms with Crippen LogP contribution in [0, 0.1) is 11.6 Å². The highest BCUT2D eigenvalue weighted by atomic mass is 19.1. The molecule has 3 rings (SSSR count). The number of anilines is 1. The highest BCUT2D eigenvalue weighted by Gasteiger charge is 2.13. The van der Waals surface area contributed by atoms with Crippen molar-refractivity contribution in [1.82, 2.24) is 4.98 Å². The topological polar surface area (TPSA) is 62.0 Å².